The van der Waals surface area contributed by atoms with E-state index in [-0.39, 0.29) is 5.75 Å². The van der Waals surface area contributed by atoms with Crippen LogP contribution in [0.2, 0.25) is 0 Å². The van der Waals surface area contributed by atoms with Crippen LogP contribution in [0.25, 0.3) is 22.4 Å². The summed E-state index contributed by atoms with van der Waals surface area (Å²) in [5, 5.41) is 12.3. The maximum absolute atomic E-state index is 10.8. The number of aromatic nitrogens is 1. The number of hydrogen-bond acceptors (Lipinski definition) is 5. The molecular weight excluding hydrogens is 432 g/mol. The van der Waals surface area contributed by atoms with Crippen LogP contribution in [-0.4, -0.2) is 28.9 Å². The molecule has 166 valence electrons. The SMILES string of the molecule is COc1nc(-c2ccccc2)c(-c2ccccc2)cc1CNc1ccc(SCC(=O)O)cc1. The van der Waals surface area contributed by atoms with Crippen LogP contribution >= 0.6 is 11.8 Å². The highest BCUT2D eigenvalue weighted by Crippen LogP contribution is 2.35. The largest absolute Gasteiger partial charge is 0.481 e. The van der Waals surface area contributed by atoms with Crippen molar-refractivity contribution in [3.63, 3.8) is 0 Å². The zero-order chi connectivity index (χ0) is 23.0. The minimum absolute atomic E-state index is 0.0473. The minimum Gasteiger partial charge on any atom is -0.481 e. The van der Waals surface area contributed by atoms with Gasteiger partial charge in [-0.05, 0) is 35.9 Å². The van der Waals surface area contributed by atoms with Gasteiger partial charge in [-0.1, -0.05) is 60.7 Å². The van der Waals surface area contributed by atoms with Gasteiger partial charge >= 0.3 is 5.97 Å². The molecule has 0 aliphatic heterocycles. The molecular formula is C27H24N2O3S. The molecule has 2 N–H and O–H groups in total. The molecule has 0 aliphatic rings. The van der Waals surface area contributed by atoms with E-state index in [1.165, 1.54) is 11.8 Å². The third-order valence-electron chi connectivity index (χ3n) is 5.09. The van der Waals surface area contributed by atoms with E-state index in [9.17, 15) is 4.79 Å². The first-order chi connectivity index (χ1) is 16.1. The number of carboxylic acid groups (broad SMARTS) is 1. The topological polar surface area (TPSA) is 71.5 Å². The van der Waals surface area contributed by atoms with Gasteiger partial charge in [-0.2, -0.15) is 0 Å². The number of benzene rings is 3. The summed E-state index contributed by atoms with van der Waals surface area (Å²) >= 11 is 1.30. The molecule has 0 saturated heterocycles. The lowest BCUT2D eigenvalue weighted by molar-refractivity contribution is -0.133. The molecule has 0 unspecified atom stereocenters. The summed E-state index contributed by atoms with van der Waals surface area (Å²) in [5.41, 5.74) is 5.92. The molecule has 0 atom stereocenters. The molecule has 0 radical (unpaired) electrons. The zero-order valence-electron chi connectivity index (χ0n) is 18.2. The molecule has 0 amide bonds. The van der Waals surface area contributed by atoms with Gasteiger partial charge in [-0.25, -0.2) is 4.98 Å². The Labute approximate surface area is 197 Å². The number of hydrogen-bond donors (Lipinski definition) is 2. The fraction of sp³-hybridized carbons (Fsp3) is 0.111. The van der Waals surface area contributed by atoms with Gasteiger partial charge in [0.15, 0.2) is 0 Å². The van der Waals surface area contributed by atoms with Crippen LogP contribution in [-0.2, 0) is 11.3 Å². The first-order valence-electron chi connectivity index (χ1n) is 10.5. The molecule has 33 heavy (non-hydrogen) atoms. The summed E-state index contributed by atoms with van der Waals surface area (Å²) in [6.45, 7) is 0.534. The van der Waals surface area contributed by atoms with Crippen molar-refractivity contribution in [3.05, 3.63) is 96.6 Å². The van der Waals surface area contributed by atoms with Crippen LogP contribution < -0.4 is 10.1 Å². The van der Waals surface area contributed by atoms with Crippen LogP contribution in [0.4, 0.5) is 5.69 Å². The Kier molecular flexibility index (Phi) is 7.27. The van der Waals surface area contributed by atoms with E-state index < -0.39 is 5.97 Å². The molecule has 0 fully saturated rings. The van der Waals surface area contributed by atoms with Crippen LogP contribution in [0.15, 0.2) is 95.9 Å². The van der Waals surface area contributed by atoms with Crippen molar-refractivity contribution in [1.29, 1.82) is 0 Å². The minimum atomic E-state index is -0.824. The number of pyridine rings is 1. The smallest absolute Gasteiger partial charge is 0.313 e. The second kappa shape index (κ2) is 10.7. The number of nitrogens with zero attached hydrogens (tertiary/aromatic N) is 1. The number of nitrogens with one attached hydrogen (secondary N) is 1. The number of methoxy groups -OCH3 is 1. The van der Waals surface area contributed by atoms with Crippen molar-refractivity contribution in [3.8, 4) is 28.3 Å². The summed E-state index contributed by atoms with van der Waals surface area (Å²) in [7, 11) is 1.64. The second-order valence-electron chi connectivity index (χ2n) is 7.35. The number of carboxylic acids is 1. The lowest BCUT2D eigenvalue weighted by atomic mass is 9.97. The summed E-state index contributed by atoms with van der Waals surface area (Å²) in [6, 6.07) is 30.2. The van der Waals surface area contributed by atoms with Gasteiger partial charge in [0.05, 0.1) is 18.6 Å². The van der Waals surface area contributed by atoms with Gasteiger partial charge in [0, 0.05) is 33.8 Å². The van der Waals surface area contributed by atoms with Crippen LogP contribution in [0.5, 0.6) is 5.88 Å². The van der Waals surface area contributed by atoms with Gasteiger partial charge in [0.25, 0.3) is 0 Å². The summed E-state index contributed by atoms with van der Waals surface area (Å²) < 4.78 is 5.65. The van der Waals surface area contributed by atoms with Crippen LogP contribution in [0, 0.1) is 0 Å². The second-order valence-corrected chi connectivity index (χ2v) is 8.39. The molecule has 0 saturated carbocycles. The van der Waals surface area contributed by atoms with Crippen molar-refractivity contribution in [2.24, 2.45) is 0 Å². The predicted octanol–water partition coefficient (Wildman–Crippen LogP) is 6.21. The van der Waals surface area contributed by atoms with Crippen LogP contribution in [0.3, 0.4) is 0 Å². The monoisotopic (exact) mass is 456 g/mol. The third-order valence-corrected chi connectivity index (χ3v) is 6.08. The number of rotatable bonds is 9. The fourth-order valence-electron chi connectivity index (χ4n) is 3.51. The number of ether oxygens (including phenoxy) is 1. The highest BCUT2D eigenvalue weighted by atomic mass is 32.2. The van der Waals surface area contributed by atoms with E-state index in [1.807, 2.05) is 60.7 Å². The normalized spacial score (nSPS) is 10.6. The highest BCUT2D eigenvalue weighted by molar-refractivity contribution is 8.00. The van der Waals surface area contributed by atoms with E-state index in [1.54, 1.807) is 7.11 Å². The van der Waals surface area contributed by atoms with E-state index in [4.69, 9.17) is 14.8 Å². The first-order valence-corrected chi connectivity index (χ1v) is 11.5. The van der Waals surface area contributed by atoms with E-state index in [0.717, 1.165) is 38.5 Å². The summed E-state index contributed by atoms with van der Waals surface area (Å²) in [4.78, 5) is 16.6. The number of thioether (sulfide) groups is 1. The maximum Gasteiger partial charge on any atom is 0.313 e. The molecule has 0 spiro atoms. The van der Waals surface area contributed by atoms with Crippen molar-refractivity contribution in [2.45, 2.75) is 11.4 Å². The standard InChI is InChI=1S/C27H24N2O3S/c1-32-27-21(17-28-22-12-14-23(15-13-22)33-18-25(30)31)16-24(19-8-4-2-5-9-19)26(29-27)20-10-6-3-7-11-20/h2-16,28H,17-18H2,1H3,(H,30,31). The molecule has 1 heterocycles. The highest BCUT2D eigenvalue weighted by Gasteiger charge is 2.15. The summed E-state index contributed by atoms with van der Waals surface area (Å²) in [5.74, 6) is -0.198. The van der Waals surface area contributed by atoms with Gasteiger partial charge in [0.1, 0.15) is 0 Å². The van der Waals surface area contributed by atoms with Crippen molar-refractivity contribution in [2.75, 3.05) is 18.2 Å². The third kappa shape index (κ3) is 5.73. The maximum atomic E-state index is 10.8. The lowest BCUT2D eigenvalue weighted by Gasteiger charge is -2.16. The number of aliphatic carboxylic acids is 1. The zero-order valence-corrected chi connectivity index (χ0v) is 19.0. The van der Waals surface area contributed by atoms with Gasteiger partial charge in [0.2, 0.25) is 5.88 Å². The number of anilines is 1. The Bertz CT molecular complexity index is 1210. The first kappa shape index (κ1) is 22.4. The van der Waals surface area contributed by atoms with Crippen molar-refractivity contribution >= 4 is 23.4 Å². The predicted molar refractivity (Wildman–Crippen MR) is 134 cm³/mol. The molecule has 3 aromatic carbocycles. The molecule has 1 aromatic heterocycles. The average Bonchev–Trinajstić information content (AvgIpc) is 2.87. The van der Waals surface area contributed by atoms with Gasteiger partial charge < -0.3 is 15.2 Å². The molecule has 0 aliphatic carbocycles. The Morgan fingerprint density at radius 1 is 0.939 bits per heavy atom. The average molecular weight is 457 g/mol. The van der Waals surface area contributed by atoms with E-state index in [0.29, 0.717) is 12.4 Å². The Morgan fingerprint density at radius 3 is 2.18 bits per heavy atom. The molecule has 5 nitrogen and oxygen atoms in total. The summed E-state index contributed by atoms with van der Waals surface area (Å²) in [6.07, 6.45) is 0. The van der Waals surface area contributed by atoms with Crippen LogP contribution in [0.1, 0.15) is 5.56 Å². The fourth-order valence-corrected chi connectivity index (χ4v) is 4.13. The molecule has 6 heteroatoms. The van der Waals surface area contributed by atoms with Crippen molar-refractivity contribution < 1.29 is 14.6 Å². The van der Waals surface area contributed by atoms with E-state index in [2.05, 4.69) is 35.6 Å². The Morgan fingerprint density at radius 2 is 1.58 bits per heavy atom. The molecule has 4 aromatic rings. The van der Waals surface area contributed by atoms with E-state index >= 15 is 0 Å². The quantitative estimate of drug-likeness (QED) is 0.292. The Balaban J connectivity index is 1.62. The molecule has 0 bridgehead atoms. The Hall–Kier alpha value is -3.77. The van der Waals surface area contributed by atoms with Gasteiger partial charge in [-0.15, -0.1) is 11.8 Å². The molecule has 4 rings (SSSR count). The lowest BCUT2D eigenvalue weighted by Crippen LogP contribution is -2.05. The van der Waals surface area contributed by atoms with Crippen molar-refractivity contribution in [1.82, 2.24) is 4.98 Å². The number of carbonyl (C=O) groups is 1. The van der Waals surface area contributed by atoms with Gasteiger partial charge in [-0.3, -0.25) is 4.79 Å².